The number of rotatable bonds is 3. The van der Waals surface area contributed by atoms with Crippen molar-refractivity contribution in [2.75, 3.05) is 31.1 Å². The van der Waals surface area contributed by atoms with Gasteiger partial charge in [0.2, 0.25) is 0 Å². The van der Waals surface area contributed by atoms with E-state index < -0.39 is 5.82 Å². The molecule has 0 spiro atoms. The quantitative estimate of drug-likeness (QED) is 0.791. The van der Waals surface area contributed by atoms with Crippen molar-refractivity contribution in [1.82, 2.24) is 20.1 Å². The Morgan fingerprint density at radius 1 is 1.20 bits per heavy atom. The molecule has 0 amide bonds. The van der Waals surface area contributed by atoms with Crippen LogP contribution >= 0.6 is 0 Å². The number of pyridine rings is 1. The number of hydrogen-bond donors (Lipinski definition) is 1. The van der Waals surface area contributed by atoms with E-state index in [1.807, 2.05) is 18.2 Å². The number of benzene rings is 1. The summed E-state index contributed by atoms with van der Waals surface area (Å²) in [7, 11) is 0. The van der Waals surface area contributed by atoms with E-state index in [0.717, 1.165) is 43.0 Å². The highest BCUT2D eigenvalue weighted by Crippen LogP contribution is 2.20. The predicted octanol–water partition coefficient (Wildman–Crippen LogP) is 1.90. The predicted molar refractivity (Wildman–Crippen MR) is 92.8 cm³/mol. The second-order valence-electron chi connectivity index (χ2n) is 6.04. The Morgan fingerprint density at radius 3 is 2.80 bits per heavy atom. The molecule has 4 rings (SSSR count). The van der Waals surface area contributed by atoms with Gasteiger partial charge in [-0.25, -0.2) is 14.1 Å². The number of nitrogens with zero attached hydrogens (tertiary/aromatic N) is 5. The molecule has 25 heavy (non-hydrogen) atoms. The number of piperazine rings is 1. The molecule has 0 unspecified atom stereocenters. The molecule has 3 heterocycles. The van der Waals surface area contributed by atoms with E-state index in [1.54, 1.807) is 23.0 Å². The molecule has 1 aromatic carbocycles. The fourth-order valence-electron chi connectivity index (χ4n) is 3.04. The number of aromatic nitrogens is 3. The van der Waals surface area contributed by atoms with Gasteiger partial charge in [0.05, 0.1) is 24.4 Å². The molecule has 0 bridgehead atoms. The van der Waals surface area contributed by atoms with Crippen LogP contribution in [0.25, 0.3) is 11.0 Å². The Morgan fingerprint density at radius 2 is 2.04 bits per heavy atom. The van der Waals surface area contributed by atoms with Gasteiger partial charge >= 0.3 is 0 Å². The molecule has 2 aromatic heterocycles. The fraction of sp³-hybridized carbons (Fsp3) is 0.278. The molecule has 126 valence electrons. The monoisotopic (exact) mass is 336 g/mol. The Kier molecular flexibility index (Phi) is 4.04. The lowest BCUT2D eigenvalue weighted by atomic mass is 10.1. The van der Waals surface area contributed by atoms with Crippen molar-refractivity contribution in [3.63, 3.8) is 0 Å². The lowest BCUT2D eigenvalue weighted by Gasteiger charge is -2.28. The van der Waals surface area contributed by atoms with Crippen molar-refractivity contribution in [2.24, 2.45) is 0 Å². The maximum absolute atomic E-state index is 14.2. The van der Waals surface area contributed by atoms with E-state index >= 15 is 0 Å². The van der Waals surface area contributed by atoms with Crippen LogP contribution in [0.3, 0.4) is 0 Å². The third-order valence-corrected chi connectivity index (χ3v) is 4.41. The second kappa shape index (κ2) is 6.49. The zero-order valence-electron chi connectivity index (χ0n) is 13.6. The molecular formula is C18H17FN6. The smallest absolute Gasteiger partial charge is 0.160 e. The van der Waals surface area contributed by atoms with Gasteiger partial charge in [-0.3, -0.25) is 0 Å². The van der Waals surface area contributed by atoms with E-state index in [2.05, 4.69) is 15.3 Å². The van der Waals surface area contributed by atoms with Gasteiger partial charge in [0.15, 0.2) is 5.65 Å². The van der Waals surface area contributed by atoms with E-state index in [0.29, 0.717) is 11.1 Å². The van der Waals surface area contributed by atoms with Crippen molar-refractivity contribution in [1.29, 1.82) is 5.26 Å². The first-order valence-corrected chi connectivity index (χ1v) is 8.21. The van der Waals surface area contributed by atoms with E-state index in [9.17, 15) is 4.39 Å². The summed E-state index contributed by atoms with van der Waals surface area (Å²) in [6.07, 6.45) is 1.74. The Bertz CT molecular complexity index is 952. The zero-order chi connectivity index (χ0) is 17.2. The number of hydrogen-bond acceptors (Lipinski definition) is 5. The standard InChI is InChI=1S/C18H17FN6/c19-16-9-13(10-20)1-2-15(16)12-25-18-14(11-22-25)3-4-17(23-18)24-7-5-21-6-8-24/h1-4,9,11,21H,5-8,12H2. The molecule has 1 aliphatic heterocycles. The molecule has 1 aliphatic rings. The van der Waals surface area contributed by atoms with Crippen LogP contribution in [-0.2, 0) is 6.54 Å². The van der Waals surface area contributed by atoms with Gasteiger partial charge in [0.25, 0.3) is 0 Å². The van der Waals surface area contributed by atoms with Crippen molar-refractivity contribution in [2.45, 2.75) is 6.54 Å². The van der Waals surface area contributed by atoms with Crippen LogP contribution in [0.1, 0.15) is 11.1 Å². The number of nitriles is 1. The third kappa shape index (κ3) is 3.04. The van der Waals surface area contributed by atoms with Crippen LogP contribution in [0, 0.1) is 17.1 Å². The number of anilines is 1. The van der Waals surface area contributed by atoms with Gasteiger partial charge in [0.1, 0.15) is 11.6 Å². The molecule has 7 heteroatoms. The number of halogens is 1. The molecule has 1 N–H and O–H groups in total. The first-order chi connectivity index (χ1) is 12.2. The van der Waals surface area contributed by atoms with Gasteiger partial charge < -0.3 is 10.2 Å². The van der Waals surface area contributed by atoms with Gasteiger partial charge in [-0.15, -0.1) is 0 Å². The van der Waals surface area contributed by atoms with Crippen LogP contribution < -0.4 is 10.2 Å². The number of fused-ring (bicyclic) bond motifs is 1. The molecule has 3 aromatic rings. The summed E-state index contributed by atoms with van der Waals surface area (Å²) >= 11 is 0. The summed E-state index contributed by atoms with van der Waals surface area (Å²) in [6.45, 7) is 3.98. The van der Waals surface area contributed by atoms with Crippen LogP contribution in [0.2, 0.25) is 0 Å². The topological polar surface area (TPSA) is 69.8 Å². The Balaban J connectivity index is 1.66. The first kappa shape index (κ1) is 15.5. The average molecular weight is 336 g/mol. The average Bonchev–Trinajstić information content (AvgIpc) is 3.06. The Labute approximate surface area is 144 Å². The molecule has 1 saturated heterocycles. The molecule has 6 nitrogen and oxygen atoms in total. The normalized spacial score (nSPS) is 14.6. The van der Waals surface area contributed by atoms with Gasteiger partial charge in [-0.1, -0.05) is 6.07 Å². The molecular weight excluding hydrogens is 319 g/mol. The summed E-state index contributed by atoms with van der Waals surface area (Å²) in [6, 6.07) is 10.4. The van der Waals surface area contributed by atoms with E-state index in [4.69, 9.17) is 10.2 Å². The van der Waals surface area contributed by atoms with Crippen molar-refractivity contribution < 1.29 is 4.39 Å². The molecule has 1 fully saturated rings. The lowest BCUT2D eigenvalue weighted by molar-refractivity contribution is 0.582. The summed E-state index contributed by atoms with van der Waals surface area (Å²) in [4.78, 5) is 6.97. The number of nitrogens with one attached hydrogen (secondary N) is 1. The van der Waals surface area contributed by atoms with Crippen LogP contribution in [0.4, 0.5) is 10.2 Å². The van der Waals surface area contributed by atoms with Crippen LogP contribution in [0.5, 0.6) is 0 Å². The third-order valence-electron chi connectivity index (χ3n) is 4.41. The van der Waals surface area contributed by atoms with E-state index in [-0.39, 0.29) is 6.54 Å². The Hall–Kier alpha value is -2.98. The van der Waals surface area contributed by atoms with Crippen molar-refractivity contribution in [3.05, 3.63) is 53.5 Å². The summed E-state index contributed by atoms with van der Waals surface area (Å²) in [5.41, 5.74) is 1.53. The highest BCUT2D eigenvalue weighted by atomic mass is 19.1. The van der Waals surface area contributed by atoms with Gasteiger partial charge in [0, 0.05) is 37.1 Å². The lowest BCUT2D eigenvalue weighted by Crippen LogP contribution is -2.43. The largest absolute Gasteiger partial charge is 0.354 e. The van der Waals surface area contributed by atoms with Gasteiger partial charge in [-0.2, -0.15) is 10.4 Å². The van der Waals surface area contributed by atoms with E-state index in [1.165, 1.54) is 6.07 Å². The molecule has 0 atom stereocenters. The summed E-state index contributed by atoms with van der Waals surface area (Å²) in [5, 5.41) is 17.5. The van der Waals surface area contributed by atoms with Gasteiger partial charge in [-0.05, 0) is 24.3 Å². The highest BCUT2D eigenvalue weighted by molar-refractivity contribution is 5.76. The second-order valence-corrected chi connectivity index (χ2v) is 6.04. The first-order valence-electron chi connectivity index (χ1n) is 8.21. The molecule has 0 aliphatic carbocycles. The summed E-state index contributed by atoms with van der Waals surface area (Å²) < 4.78 is 15.9. The minimum atomic E-state index is -0.402. The highest BCUT2D eigenvalue weighted by Gasteiger charge is 2.14. The van der Waals surface area contributed by atoms with Crippen LogP contribution in [-0.4, -0.2) is 40.9 Å². The molecule has 0 saturated carbocycles. The van der Waals surface area contributed by atoms with Crippen LogP contribution in [0.15, 0.2) is 36.5 Å². The maximum atomic E-state index is 14.2. The fourth-order valence-corrected chi connectivity index (χ4v) is 3.04. The minimum Gasteiger partial charge on any atom is -0.354 e. The molecule has 0 radical (unpaired) electrons. The summed E-state index contributed by atoms with van der Waals surface area (Å²) in [5.74, 6) is 0.511. The minimum absolute atomic E-state index is 0.277. The van der Waals surface area contributed by atoms with Crippen molar-refractivity contribution >= 4 is 16.9 Å². The zero-order valence-corrected chi connectivity index (χ0v) is 13.6. The SMILES string of the molecule is N#Cc1ccc(Cn2ncc3ccc(N4CCNCC4)nc32)c(F)c1. The van der Waals surface area contributed by atoms with Crippen molar-refractivity contribution in [3.8, 4) is 6.07 Å². The maximum Gasteiger partial charge on any atom is 0.160 e.